The molecule has 0 spiro atoms. The van der Waals surface area contributed by atoms with E-state index in [9.17, 15) is 0 Å². The minimum atomic E-state index is 0.529. The van der Waals surface area contributed by atoms with E-state index in [1.807, 2.05) is 0 Å². The van der Waals surface area contributed by atoms with Gasteiger partial charge in [-0.25, -0.2) is 0 Å². The number of para-hydroxylation sites is 2. The summed E-state index contributed by atoms with van der Waals surface area (Å²) in [6.45, 7) is 4.54. The van der Waals surface area contributed by atoms with Gasteiger partial charge < -0.3 is 0 Å². The van der Waals surface area contributed by atoms with Crippen LogP contribution in [-0.2, 0) is 7.05 Å². The summed E-state index contributed by atoms with van der Waals surface area (Å²) in [6.07, 6.45) is 0. The number of hydrogen-bond donors (Lipinski definition) is 0. The van der Waals surface area contributed by atoms with E-state index in [4.69, 9.17) is 0 Å². The van der Waals surface area contributed by atoms with E-state index in [1.165, 1.54) is 27.4 Å². The number of nitrogens with zero attached hydrogens (tertiary/aromatic N) is 1. The van der Waals surface area contributed by atoms with E-state index in [0.717, 1.165) is 0 Å². The fourth-order valence-electron chi connectivity index (χ4n) is 2.88. The molecule has 0 amide bonds. The average molecular weight is 236 g/mol. The molecule has 2 aromatic carbocycles. The van der Waals surface area contributed by atoms with Crippen molar-refractivity contribution in [2.24, 2.45) is 7.05 Å². The summed E-state index contributed by atoms with van der Waals surface area (Å²) in [5.74, 6) is 0.529. The van der Waals surface area contributed by atoms with Gasteiger partial charge in [-0.05, 0) is 23.6 Å². The maximum absolute atomic E-state index is 2.29. The van der Waals surface area contributed by atoms with Gasteiger partial charge in [-0.1, -0.05) is 38.1 Å². The first kappa shape index (κ1) is 11.2. The Labute approximate surface area is 108 Å². The number of hydrogen-bond acceptors (Lipinski definition) is 0. The molecular weight excluding hydrogens is 218 g/mol. The molecule has 1 heteroatoms. The topological polar surface area (TPSA) is 3.88 Å². The second kappa shape index (κ2) is 4.09. The minimum absolute atomic E-state index is 0.529. The fourth-order valence-corrected chi connectivity index (χ4v) is 2.88. The molecule has 0 fully saturated rings. The van der Waals surface area contributed by atoms with Crippen molar-refractivity contribution >= 4 is 21.8 Å². The maximum atomic E-state index is 2.29. The van der Waals surface area contributed by atoms with Crippen LogP contribution in [0.1, 0.15) is 25.3 Å². The molecule has 18 heavy (non-hydrogen) atoms. The minimum Gasteiger partial charge on any atom is -0.194 e. The summed E-state index contributed by atoms with van der Waals surface area (Å²) in [5.41, 5.74) is 4.07. The first-order valence-electron chi connectivity index (χ1n) is 6.49. The number of rotatable bonds is 1. The van der Waals surface area contributed by atoms with Crippen LogP contribution in [0, 0.1) is 0 Å². The SMILES string of the molecule is CC(C)c1c2ccccc2[n+](C)c2ccccc12. The van der Waals surface area contributed by atoms with Crippen LogP contribution in [0.3, 0.4) is 0 Å². The Bertz CT molecular complexity index is 669. The highest BCUT2D eigenvalue weighted by Crippen LogP contribution is 2.30. The van der Waals surface area contributed by atoms with Gasteiger partial charge in [0.15, 0.2) is 0 Å². The summed E-state index contributed by atoms with van der Waals surface area (Å²) < 4.78 is 2.29. The Morgan fingerprint density at radius 3 is 1.67 bits per heavy atom. The molecule has 0 saturated carbocycles. The van der Waals surface area contributed by atoms with Gasteiger partial charge in [0.25, 0.3) is 0 Å². The van der Waals surface area contributed by atoms with Crippen molar-refractivity contribution in [3.63, 3.8) is 0 Å². The van der Waals surface area contributed by atoms with Gasteiger partial charge in [-0.15, -0.1) is 0 Å². The second-order valence-electron chi connectivity index (χ2n) is 5.16. The Kier molecular flexibility index (Phi) is 2.55. The predicted molar refractivity (Wildman–Crippen MR) is 76.7 cm³/mol. The number of aromatic nitrogens is 1. The van der Waals surface area contributed by atoms with Gasteiger partial charge in [0.05, 0.1) is 10.8 Å². The predicted octanol–water partition coefficient (Wildman–Crippen LogP) is 3.94. The van der Waals surface area contributed by atoms with Crippen LogP contribution in [0.15, 0.2) is 48.5 Å². The van der Waals surface area contributed by atoms with Crippen molar-refractivity contribution in [1.29, 1.82) is 0 Å². The smallest absolute Gasteiger partial charge is 0.194 e. The van der Waals surface area contributed by atoms with E-state index < -0.39 is 0 Å². The van der Waals surface area contributed by atoms with Crippen molar-refractivity contribution in [1.82, 2.24) is 0 Å². The highest BCUT2D eigenvalue weighted by atomic mass is 14.9. The lowest BCUT2D eigenvalue weighted by molar-refractivity contribution is -0.617. The third-order valence-corrected chi connectivity index (χ3v) is 3.69. The van der Waals surface area contributed by atoms with E-state index in [0.29, 0.717) is 5.92 Å². The van der Waals surface area contributed by atoms with Crippen molar-refractivity contribution < 1.29 is 4.57 Å². The van der Waals surface area contributed by atoms with E-state index in [-0.39, 0.29) is 0 Å². The largest absolute Gasteiger partial charge is 0.213 e. The van der Waals surface area contributed by atoms with Crippen LogP contribution >= 0.6 is 0 Å². The fraction of sp³-hybridized carbons (Fsp3) is 0.235. The lowest BCUT2D eigenvalue weighted by atomic mass is 9.93. The van der Waals surface area contributed by atoms with Crippen LogP contribution in [-0.4, -0.2) is 0 Å². The molecule has 3 aromatic rings. The Morgan fingerprint density at radius 1 is 0.778 bits per heavy atom. The molecule has 0 aliphatic heterocycles. The van der Waals surface area contributed by atoms with Gasteiger partial charge >= 0.3 is 0 Å². The molecule has 90 valence electrons. The van der Waals surface area contributed by atoms with Gasteiger partial charge in [-0.2, -0.15) is 4.57 Å². The van der Waals surface area contributed by atoms with Crippen molar-refractivity contribution in [2.75, 3.05) is 0 Å². The summed E-state index contributed by atoms with van der Waals surface area (Å²) in [6, 6.07) is 17.4. The van der Waals surface area contributed by atoms with Gasteiger partial charge in [0, 0.05) is 12.1 Å². The summed E-state index contributed by atoms with van der Waals surface area (Å²) in [5, 5.41) is 2.74. The van der Waals surface area contributed by atoms with Crippen molar-refractivity contribution in [2.45, 2.75) is 19.8 Å². The molecule has 0 aliphatic rings. The Morgan fingerprint density at radius 2 is 1.22 bits per heavy atom. The normalized spacial score (nSPS) is 11.6. The van der Waals surface area contributed by atoms with Crippen LogP contribution in [0.2, 0.25) is 0 Å². The molecule has 1 nitrogen and oxygen atoms in total. The quantitative estimate of drug-likeness (QED) is 0.445. The maximum Gasteiger partial charge on any atom is 0.213 e. The second-order valence-corrected chi connectivity index (χ2v) is 5.16. The molecule has 0 N–H and O–H groups in total. The zero-order valence-electron chi connectivity index (χ0n) is 11.1. The Hall–Kier alpha value is -1.89. The molecular formula is C17H18N+. The van der Waals surface area contributed by atoms with Crippen molar-refractivity contribution in [3.8, 4) is 0 Å². The first-order chi connectivity index (χ1) is 8.70. The summed E-state index contributed by atoms with van der Waals surface area (Å²) in [4.78, 5) is 0. The highest BCUT2D eigenvalue weighted by molar-refractivity contribution is 5.94. The lowest BCUT2D eigenvalue weighted by Gasteiger charge is -2.12. The zero-order valence-corrected chi connectivity index (χ0v) is 11.1. The van der Waals surface area contributed by atoms with Gasteiger partial charge in [0.1, 0.15) is 7.05 Å². The highest BCUT2D eigenvalue weighted by Gasteiger charge is 2.18. The molecule has 1 aromatic heterocycles. The third-order valence-electron chi connectivity index (χ3n) is 3.69. The van der Waals surface area contributed by atoms with Crippen molar-refractivity contribution in [3.05, 3.63) is 54.1 Å². The summed E-state index contributed by atoms with van der Waals surface area (Å²) in [7, 11) is 2.15. The molecule has 3 rings (SSSR count). The van der Waals surface area contributed by atoms with Gasteiger partial charge in [0.2, 0.25) is 11.0 Å². The number of pyridine rings is 1. The number of aryl methyl sites for hydroxylation is 1. The molecule has 1 heterocycles. The molecule has 0 atom stereocenters. The number of benzene rings is 2. The standard InChI is InChI=1S/C17H18N/c1-12(2)17-13-8-4-6-10-15(13)18(3)16-11-7-5-9-14(16)17/h4-12H,1-3H3/q+1. The lowest BCUT2D eigenvalue weighted by Crippen LogP contribution is -2.30. The van der Waals surface area contributed by atoms with E-state index in [2.05, 4.69) is 74.0 Å². The van der Waals surface area contributed by atoms with E-state index in [1.54, 1.807) is 0 Å². The van der Waals surface area contributed by atoms with E-state index >= 15 is 0 Å². The monoisotopic (exact) mass is 236 g/mol. The molecule has 0 bridgehead atoms. The molecule has 0 unspecified atom stereocenters. The van der Waals surface area contributed by atoms with Crippen LogP contribution in [0.25, 0.3) is 21.8 Å². The van der Waals surface area contributed by atoms with Crippen LogP contribution < -0.4 is 4.57 Å². The van der Waals surface area contributed by atoms with Gasteiger partial charge in [-0.3, -0.25) is 0 Å². The molecule has 0 radical (unpaired) electrons. The molecule has 0 saturated heterocycles. The zero-order chi connectivity index (χ0) is 12.7. The van der Waals surface area contributed by atoms with Crippen LogP contribution in [0.4, 0.5) is 0 Å². The number of fused-ring (bicyclic) bond motifs is 2. The Balaban J connectivity index is 2.63. The summed E-state index contributed by atoms with van der Waals surface area (Å²) >= 11 is 0. The first-order valence-corrected chi connectivity index (χ1v) is 6.49. The molecule has 0 aliphatic carbocycles. The van der Waals surface area contributed by atoms with Crippen LogP contribution in [0.5, 0.6) is 0 Å². The third kappa shape index (κ3) is 1.51. The average Bonchev–Trinajstić information content (AvgIpc) is 2.39.